The molecule has 0 aliphatic carbocycles. The summed E-state index contributed by atoms with van der Waals surface area (Å²) in [5.74, 6) is 1.50. The fourth-order valence-electron chi connectivity index (χ4n) is 3.54. The summed E-state index contributed by atoms with van der Waals surface area (Å²) < 4.78 is 10.6. The van der Waals surface area contributed by atoms with Gasteiger partial charge in [-0.05, 0) is 37.5 Å². The van der Waals surface area contributed by atoms with E-state index in [4.69, 9.17) is 14.5 Å². The number of amides is 1. The summed E-state index contributed by atoms with van der Waals surface area (Å²) >= 11 is 0. The lowest BCUT2D eigenvalue weighted by molar-refractivity contribution is -0.142. The summed E-state index contributed by atoms with van der Waals surface area (Å²) in [5.41, 5.74) is 0.904. The molecule has 0 bridgehead atoms. The van der Waals surface area contributed by atoms with E-state index >= 15 is 0 Å². The Labute approximate surface area is 189 Å². The summed E-state index contributed by atoms with van der Waals surface area (Å²) in [6, 6.07) is 5.30. The molecule has 0 aromatic heterocycles. The number of carbonyl (C=O) groups is 1. The van der Waals surface area contributed by atoms with Gasteiger partial charge in [-0.2, -0.15) is 0 Å². The Hall–Kier alpha value is -1.75. The summed E-state index contributed by atoms with van der Waals surface area (Å²) in [7, 11) is 1.53. The van der Waals surface area contributed by atoms with Crippen LogP contribution in [0.25, 0.3) is 0 Å². The predicted molar refractivity (Wildman–Crippen MR) is 122 cm³/mol. The molecule has 1 aromatic carbocycles. The highest BCUT2D eigenvalue weighted by Gasteiger charge is 2.30. The standard InChI is InChI=1S/C20H30N4O4.HI/c1-3-21-20(22-14-15-6-7-17(27-2)16(25)13-15)24-10-8-23(9-11-24)19(26)18-5-4-12-28-18;/h6-7,13,18,25H,3-5,8-12,14H2,1-2H3,(H,21,22);1H. The summed E-state index contributed by atoms with van der Waals surface area (Å²) in [6.07, 6.45) is 1.54. The first-order chi connectivity index (χ1) is 13.6. The lowest BCUT2D eigenvalue weighted by Crippen LogP contribution is -2.55. The van der Waals surface area contributed by atoms with Crippen molar-refractivity contribution in [3.05, 3.63) is 23.8 Å². The molecule has 2 aliphatic rings. The van der Waals surface area contributed by atoms with Gasteiger partial charge in [-0.15, -0.1) is 24.0 Å². The number of hydrogen-bond acceptors (Lipinski definition) is 5. The van der Waals surface area contributed by atoms with E-state index in [1.165, 1.54) is 7.11 Å². The van der Waals surface area contributed by atoms with Crippen LogP contribution in [0.3, 0.4) is 0 Å². The first kappa shape index (κ1) is 23.5. The van der Waals surface area contributed by atoms with Crippen molar-refractivity contribution in [2.45, 2.75) is 32.4 Å². The highest BCUT2D eigenvalue weighted by Crippen LogP contribution is 2.26. The molecule has 2 N–H and O–H groups in total. The molecule has 0 spiro atoms. The number of piperazine rings is 1. The first-order valence-electron chi connectivity index (χ1n) is 9.92. The van der Waals surface area contributed by atoms with E-state index in [2.05, 4.69) is 10.2 Å². The summed E-state index contributed by atoms with van der Waals surface area (Å²) in [6.45, 7) is 6.76. The van der Waals surface area contributed by atoms with Crippen LogP contribution in [0.5, 0.6) is 11.5 Å². The Kier molecular flexibility index (Phi) is 9.28. The maximum Gasteiger partial charge on any atom is 0.251 e. The van der Waals surface area contributed by atoms with Crippen LogP contribution in [0.2, 0.25) is 0 Å². The van der Waals surface area contributed by atoms with Gasteiger partial charge in [0.05, 0.1) is 13.7 Å². The fraction of sp³-hybridized carbons (Fsp3) is 0.600. The molecular weight excluding hydrogens is 487 g/mol. The minimum Gasteiger partial charge on any atom is -0.504 e. The number of aromatic hydroxyl groups is 1. The van der Waals surface area contributed by atoms with E-state index in [1.807, 2.05) is 17.9 Å². The molecule has 29 heavy (non-hydrogen) atoms. The van der Waals surface area contributed by atoms with Crippen LogP contribution in [0.1, 0.15) is 25.3 Å². The zero-order valence-corrected chi connectivity index (χ0v) is 19.4. The molecule has 1 atom stereocenters. The average molecular weight is 518 g/mol. The van der Waals surface area contributed by atoms with Gasteiger partial charge >= 0.3 is 0 Å². The molecule has 0 radical (unpaired) electrons. The van der Waals surface area contributed by atoms with Crippen molar-refractivity contribution in [1.29, 1.82) is 0 Å². The number of hydrogen-bond donors (Lipinski definition) is 2. The Bertz CT molecular complexity index is 702. The van der Waals surface area contributed by atoms with Gasteiger partial charge in [0.1, 0.15) is 6.10 Å². The number of guanidine groups is 1. The lowest BCUT2D eigenvalue weighted by Gasteiger charge is -2.37. The molecule has 1 unspecified atom stereocenters. The van der Waals surface area contributed by atoms with E-state index in [0.717, 1.165) is 44.0 Å². The third kappa shape index (κ3) is 6.11. The van der Waals surface area contributed by atoms with Gasteiger partial charge in [-0.3, -0.25) is 4.79 Å². The van der Waals surface area contributed by atoms with Crippen molar-refractivity contribution in [2.75, 3.05) is 46.4 Å². The highest BCUT2D eigenvalue weighted by molar-refractivity contribution is 14.0. The molecule has 2 fully saturated rings. The van der Waals surface area contributed by atoms with Gasteiger partial charge in [0.15, 0.2) is 17.5 Å². The monoisotopic (exact) mass is 518 g/mol. The summed E-state index contributed by atoms with van der Waals surface area (Å²) in [4.78, 5) is 21.3. The van der Waals surface area contributed by atoms with Crippen molar-refractivity contribution in [1.82, 2.24) is 15.1 Å². The fourth-order valence-corrected chi connectivity index (χ4v) is 3.54. The maximum absolute atomic E-state index is 12.5. The van der Waals surface area contributed by atoms with Crippen molar-refractivity contribution >= 4 is 35.8 Å². The van der Waals surface area contributed by atoms with E-state index in [0.29, 0.717) is 32.0 Å². The Balaban J connectivity index is 0.00000300. The number of ether oxygens (including phenoxy) is 2. The number of carbonyl (C=O) groups excluding carboxylic acids is 1. The zero-order valence-electron chi connectivity index (χ0n) is 17.1. The first-order valence-corrected chi connectivity index (χ1v) is 9.92. The number of benzene rings is 1. The minimum absolute atomic E-state index is 0. The average Bonchev–Trinajstić information content (AvgIpc) is 3.26. The molecule has 2 aliphatic heterocycles. The Morgan fingerprint density at radius 1 is 1.31 bits per heavy atom. The smallest absolute Gasteiger partial charge is 0.251 e. The van der Waals surface area contributed by atoms with Crippen LogP contribution in [-0.2, 0) is 16.1 Å². The molecule has 1 amide bonds. The molecule has 2 heterocycles. The topological polar surface area (TPSA) is 86.6 Å². The van der Waals surface area contributed by atoms with Gasteiger partial charge in [-0.25, -0.2) is 4.99 Å². The number of nitrogens with zero attached hydrogens (tertiary/aromatic N) is 3. The number of phenols is 1. The van der Waals surface area contributed by atoms with Crippen LogP contribution in [-0.4, -0.2) is 79.3 Å². The van der Waals surface area contributed by atoms with Gasteiger partial charge < -0.3 is 29.7 Å². The molecule has 3 rings (SSSR count). The number of halogens is 1. The molecular formula is C20H31IN4O4. The van der Waals surface area contributed by atoms with Crippen molar-refractivity contribution in [3.8, 4) is 11.5 Å². The summed E-state index contributed by atoms with van der Waals surface area (Å²) in [5, 5.41) is 13.3. The number of rotatable bonds is 5. The van der Waals surface area contributed by atoms with Gasteiger partial charge in [0.25, 0.3) is 5.91 Å². The number of nitrogens with one attached hydrogen (secondary N) is 1. The van der Waals surface area contributed by atoms with Crippen molar-refractivity contribution in [2.24, 2.45) is 4.99 Å². The van der Waals surface area contributed by atoms with E-state index in [-0.39, 0.29) is 41.7 Å². The SMILES string of the molecule is CCNC(=NCc1ccc(OC)c(O)c1)N1CCN(C(=O)C2CCCO2)CC1.I. The lowest BCUT2D eigenvalue weighted by atomic mass is 10.2. The maximum atomic E-state index is 12.5. The second-order valence-corrected chi connectivity index (χ2v) is 6.99. The second-order valence-electron chi connectivity index (χ2n) is 6.99. The second kappa shape index (κ2) is 11.4. The molecule has 0 saturated carbocycles. The quantitative estimate of drug-likeness (QED) is 0.352. The molecule has 9 heteroatoms. The molecule has 162 valence electrons. The highest BCUT2D eigenvalue weighted by atomic mass is 127. The van der Waals surface area contributed by atoms with E-state index < -0.39 is 0 Å². The largest absolute Gasteiger partial charge is 0.504 e. The van der Waals surface area contributed by atoms with Crippen molar-refractivity contribution in [3.63, 3.8) is 0 Å². The van der Waals surface area contributed by atoms with Crippen LogP contribution in [0.15, 0.2) is 23.2 Å². The molecule has 8 nitrogen and oxygen atoms in total. The van der Waals surface area contributed by atoms with Crippen molar-refractivity contribution < 1.29 is 19.4 Å². The predicted octanol–water partition coefficient (Wildman–Crippen LogP) is 1.81. The van der Waals surface area contributed by atoms with Gasteiger partial charge in [0, 0.05) is 39.3 Å². The van der Waals surface area contributed by atoms with Crippen LogP contribution < -0.4 is 10.1 Å². The van der Waals surface area contributed by atoms with Crippen LogP contribution >= 0.6 is 24.0 Å². The van der Waals surface area contributed by atoms with E-state index in [1.54, 1.807) is 12.1 Å². The number of aliphatic imine (C=N–C) groups is 1. The third-order valence-electron chi connectivity index (χ3n) is 5.09. The number of phenolic OH excluding ortho intramolecular Hbond substituents is 1. The number of methoxy groups -OCH3 is 1. The zero-order chi connectivity index (χ0) is 19.9. The van der Waals surface area contributed by atoms with Gasteiger partial charge in [0.2, 0.25) is 0 Å². The molecule has 2 saturated heterocycles. The minimum atomic E-state index is -0.254. The van der Waals surface area contributed by atoms with Crippen LogP contribution in [0.4, 0.5) is 0 Å². The molecule has 1 aromatic rings. The third-order valence-corrected chi connectivity index (χ3v) is 5.09. The van der Waals surface area contributed by atoms with Crippen LogP contribution in [0, 0.1) is 0 Å². The Morgan fingerprint density at radius 2 is 2.03 bits per heavy atom. The Morgan fingerprint density at radius 3 is 2.62 bits per heavy atom. The van der Waals surface area contributed by atoms with Gasteiger partial charge in [-0.1, -0.05) is 6.07 Å². The van der Waals surface area contributed by atoms with E-state index in [9.17, 15) is 9.90 Å². The normalized spacial score (nSPS) is 19.7.